The second kappa shape index (κ2) is 4.03. The Morgan fingerprint density at radius 2 is 2.33 bits per heavy atom. The van der Waals surface area contributed by atoms with Gasteiger partial charge in [-0.15, -0.1) is 0 Å². The summed E-state index contributed by atoms with van der Waals surface area (Å²) < 4.78 is 0. The molecular weight excluding hydrogens is 190 g/mol. The molecule has 80 valence electrons. The maximum atomic E-state index is 11.7. The van der Waals surface area contributed by atoms with Crippen LogP contribution in [0, 0.1) is 0 Å². The number of nitrogens with one attached hydrogen (secondary N) is 1. The Morgan fingerprint density at radius 3 is 3.00 bits per heavy atom. The Labute approximate surface area is 89.1 Å². The molecule has 2 N–H and O–H groups in total. The van der Waals surface area contributed by atoms with E-state index in [-0.39, 0.29) is 11.8 Å². The van der Waals surface area contributed by atoms with Gasteiger partial charge in [0, 0.05) is 6.54 Å². The number of rotatable bonds is 3. The molecule has 0 fully saturated rings. The van der Waals surface area contributed by atoms with Gasteiger partial charge in [-0.1, -0.05) is 24.3 Å². The lowest BCUT2D eigenvalue weighted by molar-refractivity contribution is -0.123. The molecule has 1 amide bonds. The smallest absolute Gasteiger partial charge is 0.227 e. The molecule has 0 aromatic heterocycles. The summed E-state index contributed by atoms with van der Waals surface area (Å²) in [6.45, 7) is 1.99. The fourth-order valence-electron chi connectivity index (χ4n) is 1.86. The topological polar surface area (TPSA) is 49.3 Å². The number of carbonyl (C=O) groups excluding carboxylic acids is 1. The van der Waals surface area contributed by atoms with Gasteiger partial charge in [0.05, 0.1) is 12.0 Å². The highest BCUT2D eigenvalue weighted by atomic mass is 16.3. The van der Waals surface area contributed by atoms with Gasteiger partial charge in [-0.3, -0.25) is 4.79 Å². The van der Waals surface area contributed by atoms with Crippen LogP contribution in [0.2, 0.25) is 0 Å². The van der Waals surface area contributed by atoms with E-state index >= 15 is 0 Å². The van der Waals surface area contributed by atoms with Crippen molar-refractivity contribution < 1.29 is 9.90 Å². The van der Waals surface area contributed by atoms with E-state index in [9.17, 15) is 4.79 Å². The van der Waals surface area contributed by atoms with Crippen molar-refractivity contribution in [3.05, 3.63) is 35.4 Å². The third-order valence-electron chi connectivity index (χ3n) is 2.74. The van der Waals surface area contributed by atoms with Crippen LogP contribution >= 0.6 is 0 Å². The molecule has 0 radical (unpaired) electrons. The minimum Gasteiger partial charge on any atom is -0.392 e. The minimum absolute atomic E-state index is 0.0139. The molecular formula is C12H15NO2. The lowest BCUT2D eigenvalue weighted by atomic mass is 9.77. The largest absolute Gasteiger partial charge is 0.392 e. The zero-order chi connectivity index (χ0) is 10.8. The van der Waals surface area contributed by atoms with Crippen LogP contribution in [0.5, 0.6) is 0 Å². The zero-order valence-electron chi connectivity index (χ0n) is 8.73. The van der Waals surface area contributed by atoms with E-state index in [0.29, 0.717) is 6.54 Å². The molecule has 0 saturated carbocycles. The third kappa shape index (κ3) is 2.02. The highest BCUT2D eigenvalue weighted by molar-refractivity contribution is 5.86. The van der Waals surface area contributed by atoms with Gasteiger partial charge in [0.25, 0.3) is 0 Å². The average molecular weight is 205 g/mol. The minimum atomic E-state index is -0.482. The van der Waals surface area contributed by atoms with Gasteiger partial charge in [0.1, 0.15) is 0 Å². The van der Waals surface area contributed by atoms with E-state index in [0.717, 1.165) is 12.0 Å². The van der Waals surface area contributed by atoms with Crippen molar-refractivity contribution in [1.82, 2.24) is 5.32 Å². The quantitative estimate of drug-likeness (QED) is 0.767. The number of fused-ring (bicyclic) bond motifs is 1. The highest BCUT2D eigenvalue weighted by Crippen LogP contribution is 2.34. The zero-order valence-corrected chi connectivity index (χ0v) is 8.73. The third-order valence-corrected chi connectivity index (χ3v) is 2.74. The van der Waals surface area contributed by atoms with E-state index in [1.807, 2.05) is 24.3 Å². The second-order valence-electron chi connectivity index (χ2n) is 4.05. The standard InChI is InChI=1S/C12H15NO2/c1-8(14)7-13-12(15)11-6-9-4-2-3-5-10(9)11/h2-5,8,11,14H,6-7H2,1H3,(H,13,15)/t8-,11?/m1/s1. The molecule has 3 nitrogen and oxygen atoms in total. The number of aliphatic hydroxyl groups excluding tert-OH is 1. The predicted molar refractivity (Wildman–Crippen MR) is 57.6 cm³/mol. The molecule has 0 bridgehead atoms. The number of hydrogen-bond acceptors (Lipinski definition) is 2. The van der Waals surface area contributed by atoms with E-state index < -0.39 is 6.10 Å². The summed E-state index contributed by atoms with van der Waals surface area (Å²) in [7, 11) is 0. The van der Waals surface area contributed by atoms with Gasteiger partial charge in [0.15, 0.2) is 0 Å². The van der Waals surface area contributed by atoms with Crippen LogP contribution in [-0.4, -0.2) is 23.7 Å². The normalized spacial score (nSPS) is 20.0. The first kappa shape index (κ1) is 10.2. The number of carbonyl (C=O) groups is 1. The Kier molecular flexibility index (Phi) is 2.73. The first-order valence-electron chi connectivity index (χ1n) is 5.22. The lowest BCUT2D eigenvalue weighted by Gasteiger charge is -2.29. The molecule has 1 aliphatic rings. The first-order chi connectivity index (χ1) is 7.18. The van der Waals surface area contributed by atoms with E-state index in [4.69, 9.17) is 5.11 Å². The van der Waals surface area contributed by atoms with Crippen molar-refractivity contribution in [3.63, 3.8) is 0 Å². The summed E-state index contributed by atoms with van der Waals surface area (Å²) >= 11 is 0. The molecule has 0 heterocycles. The molecule has 0 saturated heterocycles. The van der Waals surface area contributed by atoms with Crippen LogP contribution in [0.4, 0.5) is 0 Å². The van der Waals surface area contributed by atoms with Crippen molar-refractivity contribution in [1.29, 1.82) is 0 Å². The van der Waals surface area contributed by atoms with Gasteiger partial charge in [-0.25, -0.2) is 0 Å². The first-order valence-corrected chi connectivity index (χ1v) is 5.22. The number of amides is 1. The summed E-state index contributed by atoms with van der Waals surface area (Å²) in [5.41, 5.74) is 2.38. The van der Waals surface area contributed by atoms with Gasteiger partial charge < -0.3 is 10.4 Å². The Hall–Kier alpha value is -1.35. The summed E-state index contributed by atoms with van der Waals surface area (Å²) in [5.74, 6) is 0.00884. The van der Waals surface area contributed by atoms with E-state index in [1.54, 1.807) is 6.92 Å². The van der Waals surface area contributed by atoms with Gasteiger partial charge >= 0.3 is 0 Å². The van der Waals surface area contributed by atoms with Crippen molar-refractivity contribution in [2.45, 2.75) is 25.4 Å². The van der Waals surface area contributed by atoms with E-state index in [1.165, 1.54) is 5.56 Å². The molecule has 1 aromatic rings. The molecule has 1 aromatic carbocycles. The maximum Gasteiger partial charge on any atom is 0.227 e. The van der Waals surface area contributed by atoms with Crippen LogP contribution in [0.1, 0.15) is 24.0 Å². The molecule has 3 heteroatoms. The van der Waals surface area contributed by atoms with Gasteiger partial charge in [0.2, 0.25) is 5.91 Å². The summed E-state index contributed by atoms with van der Waals surface area (Å²) in [6, 6.07) is 7.98. The van der Waals surface area contributed by atoms with Crippen LogP contribution in [0.15, 0.2) is 24.3 Å². The van der Waals surface area contributed by atoms with Crippen molar-refractivity contribution >= 4 is 5.91 Å². The van der Waals surface area contributed by atoms with Crippen molar-refractivity contribution in [2.75, 3.05) is 6.54 Å². The fraction of sp³-hybridized carbons (Fsp3) is 0.417. The molecule has 15 heavy (non-hydrogen) atoms. The number of aliphatic hydroxyl groups is 1. The second-order valence-corrected chi connectivity index (χ2v) is 4.05. The Morgan fingerprint density at radius 1 is 1.60 bits per heavy atom. The molecule has 1 unspecified atom stereocenters. The van der Waals surface area contributed by atoms with Crippen molar-refractivity contribution in [3.8, 4) is 0 Å². The number of benzene rings is 1. The van der Waals surface area contributed by atoms with Gasteiger partial charge in [-0.05, 0) is 24.5 Å². The predicted octanol–water partition coefficient (Wildman–Crippen LogP) is 0.823. The molecule has 2 rings (SSSR count). The summed E-state index contributed by atoms with van der Waals surface area (Å²) in [6.07, 6.45) is 0.339. The Balaban J connectivity index is 1.96. The molecule has 0 spiro atoms. The highest BCUT2D eigenvalue weighted by Gasteiger charge is 2.31. The SMILES string of the molecule is C[C@@H](O)CNC(=O)C1Cc2ccccc21. The Bertz CT molecular complexity index is 374. The van der Waals surface area contributed by atoms with Crippen molar-refractivity contribution in [2.24, 2.45) is 0 Å². The van der Waals surface area contributed by atoms with Crippen LogP contribution < -0.4 is 5.32 Å². The number of hydrogen-bond donors (Lipinski definition) is 2. The van der Waals surface area contributed by atoms with Crippen LogP contribution in [0.3, 0.4) is 0 Å². The van der Waals surface area contributed by atoms with E-state index in [2.05, 4.69) is 5.32 Å². The van der Waals surface area contributed by atoms with Gasteiger partial charge in [-0.2, -0.15) is 0 Å². The molecule has 0 aliphatic heterocycles. The van der Waals surface area contributed by atoms with Crippen LogP contribution in [0.25, 0.3) is 0 Å². The molecule has 1 aliphatic carbocycles. The van der Waals surface area contributed by atoms with Crippen LogP contribution in [-0.2, 0) is 11.2 Å². The molecule has 2 atom stereocenters. The maximum absolute atomic E-state index is 11.7. The summed E-state index contributed by atoms with van der Waals surface area (Å²) in [4.78, 5) is 11.7. The lowest BCUT2D eigenvalue weighted by Crippen LogP contribution is -2.38. The monoisotopic (exact) mass is 205 g/mol. The fourth-order valence-corrected chi connectivity index (χ4v) is 1.86. The average Bonchev–Trinajstić information content (AvgIpc) is 2.17. The summed E-state index contributed by atoms with van der Waals surface area (Å²) in [5, 5.41) is 11.8.